The molecule has 1 saturated heterocycles. The monoisotopic (exact) mass is 520 g/mol. The molecule has 0 radical (unpaired) electrons. The van der Waals surface area contributed by atoms with E-state index in [2.05, 4.69) is 20.9 Å². The Morgan fingerprint density at radius 1 is 1.17 bits per heavy atom. The summed E-state index contributed by atoms with van der Waals surface area (Å²) in [6.45, 7) is 1.32. The maximum Gasteiger partial charge on any atom is 0.270 e. The molecule has 1 unspecified atom stereocenters. The summed E-state index contributed by atoms with van der Waals surface area (Å²) in [5.74, 6) is -2.33. The minimum absolute atomic E-state index is 0. The van der Waals surface area contributed by atoms with E-state index in [1.807, 2.05) is 0 Å². The molecule has 12 heteroatoms. The predicted molar refractivity (Wildman–Crippen MR) is 132 cm³/mol. The Balaban J connectivity index is 0.00000342. The van der Waals surface area contributed by atoms with Gasteiger partial charge in [0.25, 0.3) is 17.7 Å². The molecule has 9 nitrogen and oxygen atoms in total. The Morgan fingerprint density at radius 3 is 2.54 bits per heavy atom. The fourth-order valence-electron chi connectivity index (χ4n) is 3.75. The first-order valence-electron chi connectivity index (χ1n) is 10.6. The van der Waals surface area contributed by atoms with Gasteiger partial charge in [-0.25, -0.2) is 9.37 Å². The molecule has 4 rings (SSSR count). The lowest BCUT2D eigenvalue weighted by Crippen LogP contribution is -2.38. The minimum atomic E-state index is -0.817. The molecule has 35 heavy (non-hydrogen) atoms. The van der Waals surface area contributed by atoms with Gasteiger partial charge in [0, 0.05) is 24.0 Å². The number of benzene rings is 2. The average molecular weight is 521 g/mol. The molecule has 1 aliphatic rings. The second kappa shape index (κ2) is 11.3. The van der Waals surface area contributed by atoms with Crippen LogP contribution in [-0.4, -0.2) is 46.4 Å². The van der Waals surface area contributed by atoms with Gasteiger partial charge >= 0.3 is 0 Å². The molecule has 2 aromatic carbocycles. The van der Waals surface area contributed by atoms with Crippen molar-refractivity contribution in [3.8, 4) is 5.69 Å². The van der Waals surface area contributed by atoms with E-state index in [1.165, 1.54) is 17.0 Å². The Kier molecular flexibility index (Phi) is 8.44. The van der Waals surface area contributed by atoms with Crippen LogP contribution in [0.5, 0.6) is 0 Å². The van der Waals surface area contributed by atoms with Gasteiger partial charge in [0.2, 0.25) is 0 Å². The van der Waals surface area contributed by atoms with Crippen LogP contribution in [-0.2, 0) is 0 Å². The molecule has 3 aromatic rings. The third kappa shape index (κ3) is 5.97. The SMILES string of the molecule is Cl.NC(=O)c1ncn(-c2ccc(NC(=O)c3ccc(F)cc3Cl)cc2)c1C(=O)NCC1CCCN1. The summed E-state index contributed by atoms with van der Waals surface area (Å²) in [6, 6.07) is 10.2. The molecule has 184 valence electrons. The van der Waals surface area contributed by atoms with Crippen LogP contribution in [0.2, 0.25) is 5.02 Å². The minimum Gasteiger partial charge on any atom is -0.364 e. The van der Waals surface area contributed by atoms with Crippen molar-refractivity contribution in [2.24, 2.45) is 5.73 Å². The number of primary amides is 1. The van der Waals surface area contributed by atoms with Crippen LogP contribution in [0.15, 0.2) is 48.8 Å². The van der Waals surface area contributed by atoms with Gasteiger partial charge in [-0.3, -0.25) is 19.0 Å². The van der Waals surface area contributed by atoms with Crippen LogP contribution in [0, 0.1) is 5.82 Å². The molecule has 1 aromatic heterocycles. The van der Waals surface area contributed by atoms with Crippen LogP contribution in [0.1, 0.15) is 44.2 Å². The topological polar surface area (TPSA) is 131 Å². The van der Waals surface area contributed by atoms with Crippen molar-refractivity contribution < 1.29 is 18.8 Å². The number of nitrogens with one attached hydrogen (secondary N) is 3. The quantitative estimate of drug-likeness (QED) is 0.380. The highest BCUT2D eigenvalue weighted by molar-refractivity contribution is 6.34. The normalized spacial score (nSPS) is 14.7. The number of carbonyl (C=O) groups is 3. The molecule has 3 amide bonds. The summed E-state index contributed by atoms with van der Waals surface area (Å²) in [7, 11) is 0. The Bertz CT molecular complexity index is 1240. The Morgan fingerprint density at radius 2 is 1.91 bits per heavy atom. The first kappa shape index (κ1) is 26.1. The summed E-state index contributed by atoms with van der Waals surface area (Å²) < 4.78 is 14.7. The molecule has 1 atom stereocenters. The number of amides is 3. The molecule has 5 N–H and O–H groups in total. The standard InChI is InChI=1S/C23H22ClFN6O3.ClH/c24-18-10-13(25)3-8-17(18)22(33)30-14-4-6-16(7-5-14)31-12-29-19(21(26)32)20(31)23(34)28-11-15-2-1-9-27-15;/h3-8,10,12,15,27H,1-2,9,11H2,(H2,26,32)(H,28,34)(H,30,33);1H. The zero-order valence-electron chi connectivity index (χ0n) is 18.4. The van der Waals surface area contributed by atoms with Crippen LogP contribution < -0.4 is 21.7 Å². The van der Waals surface area contributed by atoms with Gasteiger partial charge in [-0.05, 0) is 61.9 Å². The lowest BCUT2D eigenvalue weighted by molar-refractivity contribution is 0.0926. The zero-order valence-corrected chi connectivity index (χ0v) is 20.0. The second-order valence-corrected chi connectivity index (χ2v) is 8.21. The molecule has 0 bridgehead atoms. The maximum atomic E-state index is 13.2. The van der Waals surface area contributed by atoms with Crippen molar-refractivity contribution >= 4 is 47.4 Å². The average Bonchev–Trinajstić information content (AvgIpc) is 3.48. The van der Waals surface area contributed by atoms with Gasteiger partial charge < -0.3 is 21.7 Å². The molecule has 1 aliphatic heterocycles. The van der Waals surface area contributed by atoms with Gasteiger partial charge in [-0.15, -0.1) is 12.4 Å². The highest BCUT2D eigenvalue weighted by Gasteiger charge is 2.24. The summed E-state index contributed by atoms with van der Waals surface area (Å²) >= 11 is 5.95. The van der Waals surface area contributed by atoms with Crippen LogP contribution in [0.4, 0.5) is 10.1 Å². The molecular weight excluding hydrogens is 498 g/mol. The van der Waals surface area contributed by atoms with E-state index in [1.54, 1.807) is 24.3 Å². The van der Waals surface area contributed by atoms with Crippen molar-refractivity contribution in [2.45, 2.75) is 18.9 Å². The van der Waals surface area contributed by atoms with E-state index < -0.39 is 23.5 Å². The van der Waals surface area contributed by atoms with Gasteiger partial charge in [0.1, 0.15) is 17.8 Å². The lowest BCUT2D eigenvalue weighted by Gasteiger charge is -2.14. The molecule has 0 saturated carbocycles. The first-order chi connectivity index (χ1) is 16.3. The summed E-state index contributed by atoms with van der Waals surface area (Å²) in [5.41, 5.74) is 6.42. The van der Waals surface area contributed by atoms with Gasteiger partial charge in [0.15, 0.2) is 5.69 Å². The number of rotatable bonds is 7. The number of aromatic nitrogens is 2. The number of hydrogen-bond acceptors (Lipinski definition) is 5. The maximum absolute atomic E-state index is 13.2. The zero-order chi connectivity index (χ0) is 24.2. The fraction of sp³-hybridized carbons (Fsp3) is 0.217. The van der Waals surface area contributed by atoms with E-state index in [4.69, 9.17) is 17.3 Å². The molecule has 2 heterocycles. The Labute approximate surface area is 211 Å². The van der Waals surface area contributed by atoms with Crippen molar-refractivity contribution in [1.29, 1.82) is 0 Å². The van der Waals surface area contributed by atoms with Crippen molar-refractivity contribution in [2.75, 3.05) is 18.4 Å². The number of halogens is 3. The third-order valence-corrected chi connectivity index (χ3v) is 5.78. The van der Waals surface area contributed by atoms with Crippen LogP contribution in [0.25, 0.3) is 5.69 Å². The smallest absolute Gasteiger partial charge is 0.270 e. The largest absolute Gasteiger partial charge is 0.364 e. The summed E-state index contributed by atoms with van der Waals surface area (Å²) in [6.07, 6.45) is 3.34. The molecule has 0 aliphatic carbocycles. The fourth-order valence-corrected chi connectivity index (χ4v) is 4.00. The number of anilines is 1. The van der Waals surface area contributed by atoms with E-state index in [0.29, 0.717) is 17.9 Å². The number of nitrogens with zero attached hydrogens (tertiary/aromatic N) is 2. The van der Waals surface area contributed by atoms with Gasteiger partial charge in [0.05, 0.1) is 10.6 Å². The second-order valence-electron chi connectivity index (χ2n) is 7.80. The lowest BCUT2D eigenvalue weighted by atomic mass is 10.2. The number of hydrogen-bond donors (Lipinski definition) is 4. The van der Waals surface area contributed by atoms with E-state index >= 15 is 0 Å². The molecule has 0 spiro atoms. The van der Waals surface area contributed by atoms with Crippen LogP contribution in [0.3, 0.4) is 0 Å². The van der Waals surface area contributed by atoms with E-state index in [0.717, 1.165) is 31.5 Å². The predicted octanol–water partition coefficient (Wildman–Crippen LogP) is 2.92. The van der Waals surface area contributed by atoms with Crippen molar-refractivity contribution in [3.05, 3.63) is 76.6 Å². The van der Waals surface area contributed by atoms with Gasteiger partial charge in [-0.2, -0.15) is 0 Å². The summed E-state index contributed by atoms with van der Waals surface area (Å²) in [4.78, 5) is 41.2. The number of imidazole rings is 1. The molecule has 1 fully saturated rings. The molecular formula is C23H23Cl2FN6O3. The highest BCUT2D eigenvalue weighted by atomic mass is 35.5. The van der Waals surface area contributed by atoms with Crippen LogP contribution >= 0.6 is 24.0 Å². The third-order valence-electron chi connectivity index (χ3n) is 5.47. The van der Waals surface area contributed by atoms with E-state index in [-0.39, 0.29) is 40.4 Å². The van der Waals surface area contributed by atoms with E-state index in [9.17, 15) is 18.8 Å². The van der Waals surface area contributed by atoms with Crippen molar-refractivity contribution in [1.82, 2.24) is 20.2 Å². The number of nitrogens with two attached hydrogens (primary N) is 1. The Hall–Kier alpha value is -3.47. The number of carbonyl (C=O) groups excluding carboxylic acids is 3. The van der Waals surface area contributed by atoms with Gasteiger partial charge in [-0.1, -0.05) is 11.6 Å². The highest BCUT2D eigenvalue weighted by Crippen LogP contribution is 2.21. The van der Waals surface area contributed by atoms with Crippen molar-refractivity contribution in [3.63, 3.8) is 0 Å². The first-order valence-corrected chi connectivity index (χ1v) is 11.0. The summed E-state index contributed by atoms with van der Waals surface area (Å²) in [5, 5.41) is 8.80.